The van der Waals surface area contributed by atoms with Gasteiger partial charge in [0, 0.05) is 41.1 Å². The van der Waals surface area contributed by atoms with Crippen molar-refractivity contribution in [1.29, 1.82) is 5.26 Å². The molecule has 1 aromatic rings. The Bertz CT molecular complexity index is 497. The summed E-state index contributed by atoms with van der Waals surface area (Å²) in [5.41, 5.74) is 2.52. The fraction of sp³-hybridized carbons (Fsp3) is 0.500. The van der Waals surface area contributed by atoms with Gasteiger partial charge in [0.05, 0.1) is 5.56 Å². The summed E-state index contributed by atoms with van der Waals surface area (Å²) in [5.74, 6) is 2.08. The smallest absolute Gasteiger partial charge is 0.147 e. The van der Waals surface area contributed by atoms with E-state index in [9.17, 15) is 9.47 Å². The summed E-state index contributed by atoms with van der Waals surface area (Å²) in [5, 5.41) is 9.20. The van der Waals surface area contributed by atoms with Gasteiger partial charge in [0.1, 0.15) is 11.9 Å². The van der Waals surface area contributed by atoms with E-state index < -0.39 is 10.8 Å². The molecule has 0 amide bonds. The van der Waals surface area contributed by atoms with E-state index in [4.69, 9.17) is 0 Å². The fourth-order valence-corrected chi connectivity index (χ4v) is 3.09. The molecule has 2 heterocycles. The minimum absolute atomic E-state index is 0.642. The third-order valence-electron chi connectivity index (χ3n) is 2.91. The lowest BCUT2D eigenvalue weighted by molar-refractivity contribution is 0.672. The zero-order valence-electron chi connectivity index (χ0n) is 10.1. The van der Waals surface area contributed by atoms with Crippen molar-refractivity contribution >= 4 is 16.6 Å². The lowest BCUT2D eigenvalue weighted by Gasteiger charge is -2.28. The highest BCUT2D eigenvalue weighted by atomic mass is 32.2. The van der Waals surface area contributed by atoms with E-state index in [1.807, 2.05) is 19.9 Å². The number of nitrogens with zero attached hydrogens (tertiary/aromatic N) is 3. The Balaban J connectivity index is 2.38. The van der Waals surface area contributed by atoms with Gasteiger partial charge in [-0.2, -0.15) is 5.26 Å². The van der Waals surface area contributed by atoms with Crippen LogP contribution in [0.4, 0.5) is 5.82 Å². The molecule has 0 saturated carbocycles. The molecule has 0 aliphatic carbocycles. The van der Waals surface area contributed by atoms with Crippen LogP contribution >= 0.6 is 0 Å². The number of hydrogen-bond acceptors (Lipinski definition) is 4. The van der Waals surface area contributed by atoms with Crippen LogP contribution in [-0.2, 0) is 10.8 Å². The Morgan fingerprint density at radius 3 is 2.65 bits per heavy atom. The minimum Gasteiger partial charge on any atom is -0.354 e. The van der Waals surface area contributed by atoms with Gasteiger partial charge >= 0.3 is 0 Å². The van der Waals surface area contributed by atoms with E-state index in [1.165, 1.54) is 0 Å². The van der Waals surface area contributed by atoms with Crippen molar-refractivity contribution in [3.63, 3.8) is 0 Å². The summed E-state index contributed by atoms with van der Waals surface area (Å²) in [6.45, 7) is 5.30. The maximum Gasteiger partial charge on any atom is 0.147 e. The second-order valence-electron chi connectivity index (χ2n) is 4.23. The van der Waals surface area contributed by atoms with Gasteiger partial charge in [-0.05, 0) is 25.5 Å². The van der Waals surface area contributed by atoms with Gasteiger partial charge in [-0.3, -0.25) is 4.21 Å². The van der Waals surface area contributed by atoms with E-state index in [0.29, 0.717) is 17.1 Å². The van der Waals surface area contributed by atoms with Crippen LogP contribution in [0.15, 0.2) is 6.07 Å². The van der Waals surface area contributed by atoms with Gasteiger partial charge in [0.15, 0.2) is 0 Å². The number of hydrogen-bond donors (Lipinski definition) is 0. The van der Waals surface area contributed by atoms with Crippen LogP contribution in [0.1, 0.15) is 16.8 Å². The Morgan fingerprint density at radius 2 is 2.06 bits per heavy atom. The van der Waals surface area contributed by atoms with Crippen LogP contribution in [0.25, 0.3) is 0 Å². The monoisotopic (exact) mass is 249 g/mol. The summed E-state index contributed by atoms with van der Waals surface area (Å²) < 4.78 is 11.3. The summed E-state index contributed by atoms with van der Waals surface area (Å²) in [6, 6.07) is 4.14. The molecule has 0 bridgehead atoms. The molecule has 5 heteroatoms. The molecule has 1 aliphatic heterocycles. The zero-order chi connectivity index (χ0) is 12.4. The largest absolute Gasteiger partial charge is 0.354 e. The summed E-state index contributed by atoms with van der Waals surface area (Å²) in [7, 11) is -0.706. The molecule has 4 nitrogen and oxygen atoms in total. The molecule has 1 aromatic heterocycles. The highest BCUT2D eigenvalue weighted by Gasteiger charge is 2.20. The van der Waals surface area contributed by atoms with E-state index >= 15 is 0 Å². The molecule has 17 heavy (non-hydrogen) atoms. The number of rotatable bonds is 1. The maximum absolute atomic E-state index is 11.3. The van der Waals surface area contributed by atoms with Crippen LogP contribution in [0.3, 0.4) is 0 Å². The number of aromatic nitrogens is 1. The van der Waals surface area contributed by atoms with Crippen molar-refractivity contribution in [3.8, 4) is 6.07 Å². The summed E-state index contributed by atoms with van der Waals surface area (Å²) >= 11 is 0. The average Bonchev–Trinajstić information content (AvgIpc) is 2.29. The van der Waals surface area contributed by atoms with Crippen LogP contribution in [0, 0.1) is 25.2 Å². The molecule has 0 aromatic carbocycles. The van der Waals surface area contributed by atoms with Crippen LogP contribution in [0.5, 0.6) is 0 Å². The number of anilines is 1. The Morgan fingerprint density at radius 1 is 1.41 bits per heavy atom. The molecule has 2 rings (SSSR count). The number of aryl methyl sites for hydroxylation is 2. The quantitative estimate of drug-likeness (QED) is 0.749. The fourth-order valence-electron chi connectivity index (χ4n) is 2.03. The number of pyridine rings is 1. The maximum atomic E-state index is 11.3. The van der Waals surface area contributed by atoms with Crippen molar-refractivity contribution in [2.45, 2.75) is 13.8 Å². The molecular weight excluding hydrogens is 234 g/mol. The van der Waals surface area contributed by atoms with Crippen LogP contribution < -0.4 is 4.90 Å². The predicted molar refractivity (Wildman–Crippen MR) is 68.5 cm³/mol. The molecule has 0 N–H and O–H groups in total. The van der Waals surface area contributed by atoms with Crippen molar-refractivity contribution in [2.75, 3.05) is 29.5 Å². The van der Waals surface area contributed by atoms with Crippen LogP contribution in [-0.4, -0.2) is 33.8 Å². The van der Waals surface area contributed by atoms with Crippen molar-refractivity contribution in [2.24, 2.45) is 0 Å². The second-order valence-corrected chi connectivity index (χ2v) is 5.92. The first-order valence-electron chi connectivity index (χ1n) is 5.60. The van der Waals surface area contributed by atoms with E-state index in [-0.39, 0.29) is 0 Å². The zero-order valence-corrected chi connectivity index (χ0v) is 10.9. The lowest BCUT2D eigenvalue weighted by atomic mass is 10.1. The van der Waals surface area contributed by atoms with Crippen molar-refractivity contribution < 1.29 is 4.21 Å². The Labute approximate surface area is 104 Å². The van der Waals surface area contributed by atoms with Gasteiger partial charge in [0.2, 0.25) is 0 Å². The lowest BCUT2D eigenvalue weighted by Crippen LogP contribution is -2.38. The third-order valence-corrected chi connectivity index (χ3v) is 4.19. The molecule has 90 valence electrons. The van der Waals surface area contributed by atoms with E-state index in [2.05, 4.69) is 16.0 Å². The third kappa shape index (κ3) is 2.47. The van der Waals surface area contributed by atoms with Crippen molar-refractivity contribution in [3.05, 3.63) is 22.9 Å². The van der Waals surface area contributed by atoms with Crippen LogP contribution in [0.2, 0.25) is 0 Å². The van der Waals surface area contributed by atoms with Crippen molar-refractivity contribution in [1.82, 2.24) is 4.98 Å². The van der Waals surface area contributed by atoms with Gasteiger partial charge in [-0.1, -0.05) is 0 Å². The van der Waals surface area contributed by atoms with E-state index in [0.717, 1.165) is 30.2 Å². The summed E-state index contributed by atoms with van der Waals surface area (Å²) in [6.07, 6.45) is 0. The first-order chi connectivity index (χ1) is 8.11. The number of nitriles is 1. The molecule has 0 atom stereocenters. The highest BCUT2D eigenvalue weighted by molar-refractivity contribution is 7.85. The Kier molecular flexibility index (Phi) is 3.43. The molecule has 1 fully saturated rings. The molecule has 1 saturated heterocycles. The SMILES string of the molecule is Cc1cc(C)c(C#N)c(N2CCS(=O)CC2)n1. The molecule has 0 spiro atoms. The first-order valence-corrected chi connectivity index (χ1v) is 7.09. The summed E-state index contributed by atoms with van der Waals surface area (Å²) in [4.78, 5) is 6.53. The standard InChI is InChI=1S/C12H15N3OS/c1-9-7-10(2)14-12(11(9)8-13)15-3-5-17(16)6-4-15/h7H,3-6H2,1-2H3. The Hall–Kier alpha value is -1.41. The second kappa shape index (κ2) is 4.84. The van der Waals surface area contributed by atoms with Gasteiger partial charge in [0.25, 0.3) is 0 Å². The molecular formula is C12H15N3OS. The molecule has 0 radical (unpaired) electrons. The minimum atomic E-state index is -0.706. The topological polar surface area (TPSA) is 57.0 Å². The van der Waals surface area contributed by atoms with E-state index in [1.54, 1.807) is 0 Å². The predicted octanol–water partition coefficient (Wildman–Crippen LogP) is 1.14. The molecule has 1 aliphatic rings. The average molecular weight is 249 g/mol. The van der Waals surface area contributed by atoms with Gasteiger partial charge < -0.3 is 4.90 Å². The highest BCUT2D eigenvalue weighted by Crippen LogP contribution is 2.22. The molecule has 0 unspecified atom stereocenters. The first kappa shape index (κ1) is 12.1. The normalized spacial score (nSPS) is 16.9. The van der Waals surface area contributed by atoms with Gasteiger partial charge in [-0.25, -0.2) is 4.98 Å². The van der Waals surface area contributed by atoms with Gasteiger partial charge in [-0.15, -0.1) is 0 Å².